The molecule has 0 aliphatic rings. The van der Waals surface area contributed by atoms with Gasteiger partial charge in [-0.15, -0.1) is 0 Å². The third-order valence-electron chi connectivity index (χ3n) is 2.45. The van der Waals surface area contributed by atoms with E-state index in [4.69, 9.17) is 0 Å². The fraction of sp³-hybridized carbons (Fsp3) is 0.417. The molecule has 2 atom stereocenters. The first-order chi connectivity index (χ1) is 7.93. The van der Waals surface area contributed by atoms with E-state index >= 15 is 0 Å². The highest BCUT2D eigenvalue weighted by atomic mass is 19.1. The molecule has 0 saturated heterocycles. The van der Waals surface area contributed by atoms with Gasteiger partial charge in [-0.25, -0.2) is 8.78 Å². The Kier molecular flexibility index (Phi) is 4.57. The second-order valence-electron chi connectivity index (χ2n) is 3.88. The molecule has 94 valence electrons. The number of aliphatic hydroxyl groups excluding tert-OH is 1. The normalized spacial score (nSPS) is 14.2. The van der Waals surface area contributed by atoms with E-state index in [9.17, 15) is 18.7 Å². The third-order valence-corrected chi connectivity index (χ3v) is 2.45. The Bertz CT molecular complexity index is 386. The molecule has 0 aliphatic carbocycles. The first-order valence-corrected chi connectivity index (χ1v) is 5.16. The van der Waals surface area contributed by atoms with Gasteiger partial charge in [0.25, 0.3) is 0 Å². The van der Waals surface area contributed by atoms with Crippen LogP contribution in [0.3, 0.4) is 0 Å². The fourth-order valence-corrected chi connectivity index (χ4v) is 1.54. The van der Waals surface area contributed by atoms with Gasteiger partial charge in [-0.2, -0.15) is 0 Å². The van der Waals surface area contributed by atoms with Crippen LogP contribution in [0.25, 0.3) is 0 Å². The average Bonchev–Trinajstić information content (AvgIpc) is 2.26. The molecule has 0 aromatic heterocycles. The monoisotopic (exact) mass is 244 g/mol. The molecule has 17 heavy (non-hydrogen) atoms. The molecule has 0 saturated carbocycles. The number of carbonyl (C=O) groups excluding carboxylic acids is 1. The number of hydrogen-bond donors (Lipinski definition) is 1. The number of halogens is 2. The number of aliphatic hydroxyl groups is 1. The molecule has 0 spiro atoms. The Morgan fingerprint density at radius 3 is 2.35 bits per heavy atom. The highest BCUT2D eigenvalue weighted by Crippen LogP contribution is 2.23. The number of methoxy groups -OCH3 is 1. The minimum absolute atomic E-state index is 0.0512. The minimum atomic E-state index is -1.10. The van der Waals surface area contributed by atoms with Gasteiger partial charge in [-0.05, 0) is 24.1 Å². The lowest BCUT2D eigenvalue weighted by Gasteiger charge is -2.15. The summed E-state index contributed by atoms with van der Waals surface area (Å²) < 4.78 is 30.3. The van der Waals surface area contributed by atoms with Crippen LogP contribution < -0.4 is 0 Å². The van der Waals surface area contributed by atoms with E-state index in [1.54, 1.807) is 6.92 Å². The molecular formula is C12H14F2O3. The zero-order chi connectivity index (χ0) is 13.0. The van der Waals surface area contributed by atoms with Crippen molar-refractivity contribution in [2.45, 2.75) is 19.4 Å². The standard InChI is InChI=1S/C12H14F2O3/c1-7(12(16)17-2)3-11(15)8-4-9(13)6-10(14)5-8/h4-7,11,15H,3H2,1-2H3. The predicted molar refractivity (Wildman–Crippen MR) is 57.1 cm³/mol. The Morgan fingerprint density at radius 1 is 1.35 bits per heavy atom. The van der Waals surface area contributed by atoms with Gasteiger partial charge in [0.2, 0.25) is 0 Å². The van der Waals surface area contributed by atoms with Crippen molar-refractivity contribution in [1.82, 2.24) is 0 Å². The Morgan fingerprint density at radius 2 is 1.88 bits per heavy atom. The van der Waals surface area contributed by atoms with Crippen molar-refractivity contribution in [3.63, 3.8) is 0 Å². The highest BCUT2D eigenvalue weighted by molar-refractivity contribution is 5.71. The minimum Gasteiger partial charge on any atom is -0.469 e. The number of esters is 1. The number of ether oxygens (including phenoxy) is 1. The maximum Gasteiger partial charge on any atom is 0.308 e. The number of benzene rings is 1. The van der Waals surface area contributed by atoms with Gasteiger partial charge in [0.15, 0.2) is 0 Å². The van der Waals surface area contributed by atoms with E-state index in [0.717, 1.165) is 18.2 Å². The number of hydrogen-bond acceptors (Lipinski definition) is 3. The van der Waals surface area contributed by atoms with Crippen molar-refractivity contribution in [2.75, 3.05) is 7.11 Å². The summed E-state index contributed by atoms with van der Waals surface area (Å²) in [7, 11) is 1.24. The highest BCUT2D eigenvalue weighted by Gasteiger charge is 2.19. The van der Waals surface area contributed by atoms with Crippen LogP contribution in [0, 0.1) is 17.6 Å². The molecule has 0 radical (unpaired) electrons. The summed E-state index contributed by atoms with van der Waals surface area (Å²) in [5.74, 6) is -2.53. The SMILES string of the molecule is COC(=O)C(C)CC(O)c1cc(F)cc(F)c1. The van der Waals surface area contributed by atoms with E-state index in [2.05, 4.69) is 4.74 Å². The van der Waals surface area contributed by atoms with E-state index in [-0.39, 0.29) is 12.0 Å². The molecular weight excluding hydrogens is 230 g/mol. The van der Waals surface area contributed by atoms with Crippen LogP contribution in [0.15, 0.2) is 18.2 Å². The summed E-state index contributed by atoms with van der Waals surface area (Å²) in [5.41, 5.74) is 0.109. The summed E-state index contributed by atoms with van der Waals surface area (Å²) in [6, 6.07) is 2.80. The van der Waals surface area contributed by atoms with Crippen molar-refractivity contribution in [3.05, 3.63) is 35.4 Å². The van der Waals surface area contributed by atoms with Gasteiger partial charge < -0.3 is 9.84 Å². The number of carbonyl (C=O) groups is 1. The predicted octanol–water partition coefficient (Wildman–Crippen LogP) is 2.20. The Balaban J connectivity index is 2.75. The Labute approximate surface area is 98.0 Å². The molecule has 1 aromatic rings. The summed E-state index contributed by atoms with van der Waals surface area (Å²) in [6.07, 6.45) is -1.05. The second kappa shape index (κ2) is 5.72. The number of rotatable bonds is 4. The fourth-order valence-electron chi connectivity index (χ4n) is 1.54. The molecule has 0 aliphatic heterocycles. The lowest BCUT2D eigenvalue weighted by molar-refractivity contribution is -0.145. The summed E-state index contributed by atoms with van der Waals surface area (Å²) >= 11 is 0. The molecule has 2 unspecified atom stereocenters. The largest absolute Gasteiger partial charge is 0.469 e. The van der Waals surface area contributed by atoms with Crippen LogP contribution in [-0.4, -0.2) is 18.2 Å². The molecule has 1 rings (SSSR count). The summed E-state index contributed by atoms with van der Waals surface area (Å²) in [4.78, 5) is 11.1. The van der Waals surface area contributed by atoms with Gasteiger partial charge in [0.1, 0.15) is 11.6 Å². The average molecular weight is 244 g/mol. The summed E-state index contributed by atoms with van der Waals surface area (Å²) in [6.45, 7) is 1.57. The zero-order valence-electron chi connectivity index (χ0n) is 9.61. The molecule has 1 N–H and O–H groups in total. The van der Waals surface area contributed by atoms with Gasteiger partial charge >= 0.3 is 5.97 Å². The van der Waals surface area contributed by atoms with Crippen molar-refractivity contribution in [2.24, 2.45) is 5.92 Å². The lowest BCUT2D eigenvalue weighted by Crippen LogP contribution is -2.16. The molecule has 3 nitrogen and oxygen atoms in total. The maximum absolute atomic E-state index is 12.9. The van der Waals surface area contributed by atoms with Gasteiger partial charge in [0.05, 0.1) is 19.1 Å². The smallest absolute Gasteiger partial charge is 0.308 e. The van der Waals surface area contributed by atoms with E-state index in [1.807, 2.05) is 0 Å². The van der Waals surface area contributed by atoms with Crippen molar-refractivity contribution < 1.29 is 23.4 Å². The van der Waals surface area contributed by atoms with Crippen LogP contribution in [0.4, 0.5) is 8.78 Å². The first-order valence-electron chi connectivity index (χ1n) is 5.16. The van der Waals surface area contributed by atoms with Gasteiger partial charge in [-0.3, -0.25) is 4.79 Å². The second-order valence-corrected chi connectivity index (χ2v) is 3.88. The zero-order valence-corrected chi connectivity index (χ0v) is 9.61. The molecule has 0 bridgehead atoms. The first kappa shape index (κ1) is 13.6. The third kappa shape index (κ3) is 3.78. The lowest BCUT2D eigenvalue weighted by atomic mass is 9.98. The van der Waals surface area contributed by atoms with Crippen molar-refractivity contribution >= 4 is 5.97 Å². The van der Waals surface area contributed by atoms with Crippen LogP contribution >= 0.6 is 0 Å². The van der Waals surface area contributed by atoms with Crippen LogP contribution in [0.5, 0.6) is 0 Å². The maximum atomic E-state index is 12.9. The van der Waals surface area contributed by atoms with Crippen LogP contribution in [-0.2, 0) is 9.53 Å². The quantitative estimate of drug-likeness (QED) is 0.826. The van der Waals surface area contributed by atoms with E-state index < -0.39 is 29.6 Å². The van der Waals surface area contributed by atoms with Crippen LogP contribution in [0.2, 0.25) is 0 Å². The molecule has 5 heteroatoms. The molecule has 0 heterocycles. The molecule has 0 fully saturated rings. The molecule has 1 aromatic carbocycles. The van der Waals surface area contributed by atoms with E-state index in [1.165, 1.54) is 7.11 Å². The Hall–Kier alpha value is -1.49. The van der Waals surface area contributed by atoms with Crippen LogP contribution in [0.1, 0.15) is 25.0 Å². The molecule has 0 amide bonds. The van der Waals surface area contributed by atoms with E-state index in [0.29, 0.717) is 0 Å². The topological polar surface area (TPSA) is 46.5 Å². The summed E-state index contributed by atoms with van der Waals surface area (Å²) in [5, 5.41) is 9.74. The van der Waals surface area contributed by atoms with Gasteiger partial charge in [-0.1, -0.05) is 6.92 Å². The van der Waals surface area contributed by atoms with Crippen molar-refractivity contribution in [1.29, 1.82) is 0 Å². The van der Waals surface area contributed by atoms with Crippen molar-refractivity contribution in [3.8, 4) is 0 Å². The van der Waals surface area contributed by atoms with Gasteiger partial charge in [0, 0.05) is 6.07 Å².